The maximum Gasteiger partial charge on any atom is 0.238 e. The van der Waals surface area contributed by atoms with Gasteiger partial charge >= 0.3 is 0 Å². The summed E-state index contributed by atoms with van der Waals surface area (Å²) in [6.07, 6.45) is 0.455. The molecule has 1 aromatic carbocycles. The van der Waals surface area contributed by atoms with Crippen LogP contribution in [0.2, 0.25) is 5.02 Å². The Balaban J connectivity index is 2.21. The van der Waals surface area contributed by atoms with Crippen molar-refractivity contribution in [1.29, 1.82) is 5.26 Å². The zero-order valence-electron chi connectivity index (χ0n) is 10.6. The fraction of sp³-hybridized carbons (Fsp3) is 0.214. The number of nitriles is 1. The second-order valence-corrected chi connectivity index (χ2v) is 5.88. The molecule has 4 nitrogen and oxygen atoms in total. The lowest BCUT2D eigenvalue weighted by Crippen LogP contribution is -2.24. The Kier molecular flexibility index (Phi) is 4.48. The molecule has 1 aliphatic rings. The number of nitrogens with zero attached hydrogens (tertiary/aromatic N) is 1. The number of amides is 1. The van der Waals surface area contributed by atoms with Gasteiger partial charge in [-0.2, -0.15) is 5.26 Å². The van der Waals surface area contributed by atoms with E-state index in [2.05, 4.69) is 5.32 Å². The van der Waals surface area contributed by atoms with Gasteiger partial charge in [-0.3, -0.25) is 9.59 Å². The fourth-order valence-corrected chi connectivity index (χ4v) is 3.22. The van der Waals surface area contributed by atoms with Crippen molar-refractivity contribution in [3.63, 3.8) is 0 Å². The summed E-state index contributed by atoms with van der Waals surface area (Å²) in [5, 5.41) is 12.1. The molecule has 0 aliphatic carbocycles. The first-order chi connectivity index (χ1) is 9.52. The van der Waals surface area contributed by atoms with Crippen LogP contribution in [0.1, 0.15) is 12.5 Å². The normalized spacial score (nSPS) is 20.2. The maximum absolute atomic E-state index is 11.9. The van der Waals surface area contributed by atoms with E-state index < -0.39 is 0 Å². The van der Waals surface area contributed by atoms with Gasteiger partial charge in [0.05, 0.1) is 10.3 Å². The fourth-order valence-electron chi connectivity index (χ4n) is 1.83. The highest BCUT2D eigenvalue weighted by Gasteiger charge is 2.32. The lowest BCUT2D eigenvalue weighted by atomic mass is 10.1. The number of carbonyl (C=O) groups excluding carboxylic acids is 2. The van der Waals surface area contributed by atoms with Crippen molar-refractivity contribution in [3.8, 4) is 6.07 Å². The van der Waals surface area contributed by atoms with Crippen LogP contribution in [0.5, 0.6) is 0 Å². The van der Waals surface area contributed by atoms with Gasteiger partial charge in [-0.05, 0) is 25.0 Å². The summed E-state index contributed by atoms with van der Waals surface area (Å²) < 4.78 is 0. The van der Waals surface area contributed by atoms with Gasteiger partial charge in [0, 0.05) is 5.02 Å². The summed E-state index contributed by atoms with van der Waals surface area (Å²) in [5.74, 6) is -0.562. The standard InChI is InChI=1S/C14H11ClN2O2S/c1-8(18)10(7-16)14-17-13(19)12(20-14)6-9-4-2-3-5-11(9)15/h2-5,12H,6H2,1H3,(H,17,19)/b14-10-/t12-/m0/s1. The maximum atomic E-state index is 11.9. The summed E-state index contributed by atoms with van der Waals surface area (Å²) in [7, 11) is 0. The number of ketones is 1. The molecule has 0 bridgehead atoms. The quantitative estimate of drug-likeness (QED) is 0.688. The largest absolute Gasteiger partial charge is 0.318 e. The van der Waals surface area contributed by atoms with Crippen molar-refractivity contribution in [1.82, 2.24) is 5.32 Å². The van der Waals surface area contributed by atoms with E-state index in [-0.39, 0.29) is 22.5 Å². The number of nitrogens with one attached hydrogen (secondary N) is 1. The minimum atomic E-state index is -0.382. The molecule has 1 atom stereocenters. The molecule has 0 saturated carbocycles. The highest BCUT2D eigenvalue weighted by atomic mass is 35.5. The van der Waals surface area contributed by atoms with Gasteiger partial charge < -0.3 is 5.32 Å². The lowest BCUT2D eigenvalue weighted by molar-refractivity contribution is -0.119. The van der Waals surface area contributed by atoms with Gasteiger partial charge in [-0.25, -0.2) is 0 Å². The molecule has 0 radical (unpaired) electrons. The molecule has 102 valence electrons. The topological polar surface area (TPSA) is 70.0 Å². The van der Waals surface area contributed by atoms with Crippen molar-refractivity contribution in [3.05, 3.63) is 45.5 Å². The molecule has 1 saturated heterocycles. The van der Waals surface area contributed by atoms with Crippen LogP contribution < -0.4 is 5.32 Å². The first-order valence-corrected chi connectivity index (χ1v) is 7.15. The number of carbonyl (C=O) groups is 2. The Labute approximate surface area is 125 Å². The van der Waals surface area contributed by atoms with Crippen LogP contribution >= 0.6 is 23.4 Å². The van der Waals surface area contributed by atoms with E-state index in [4.69, 9.17) is 16.9 Å². The molecule has 1 heterocycles. The lowest BCUT2D eigenvalue weighted by Gasteiger charge is -2.07. The number of benzene rings is 1. The number of Topliss-reactive ketones (excluding diaryl/α,β-unsaturated/α-hetero) is 1. The van der Waals surface area contributed by atoms with E-state index >= 15 is 0 Å². The third-order valence-corrected chi connectivity index (χ3v) is 4.42. The van der Waals surface area contributed by atoms with E-state index in [1.807, 2.05) is 24.3 Å². The van der Waals surface area contributed by atoms with Gasteiger partial charge in [0.15, 0.2) is 5.78 Å². The predicted molar refractivity (Wildman–Crippen MR) is 78.0 cm³/mol. The number of hydrogen-bond donors (Lipinski definition) is 1. The van der Waals surface area contributed by atoms with Gasteiger partial charge in [0.2, 0.25) is 5.91 Å². The zero-order chi connectivity index (χ0) is 14.7. The van der Waals surface area contributed by atoms with E-state index in [0.29, 0.717) is 16.5 Å². The second-order valence-electron chi connectivity index (χ2n) is 4.26. The number of hydrogen-bond acceptors (Lipinski definition) is 4. The van der Waals surface area contributed by atoms with E-state index in [0.717, 1.165) is 5.56 Å². The van der Waals surface area contributed by atoms with Crippen molar-refractivity contribution >= 4 is 35.1 Å². The molecule has 1 fully saturated rings. The van der Waals surface area contributed by atoms with Gasteiger partial charge in [-0.1, -0.05) is 41.6 Å². The molecule has 0 aromatic heterocycles. The first kappa shape index (κ1) is 14.6. The molecule has 1 amide bonds. The van der Waals surface area contributed by atoms with E-state index in [1.54, 1.807) is 6.07 Å². The third-order valence-electron chi connectivity index (χ3n) is 2.84. The average molecular weight is 307 g/mol. The van der Waals surface area contributed by atoms with Crippen molar-refractivity contribution in [2.75, 3.05) is 0 Å². The van der Waals surface area contributed by atoms with Crippen LogP contribution in [0.3, 0.4) is 0 Å². The Morgan fingerprint density at radius 2 is 2.20 bits per heavy atom. The molecule has 1 N–H and O–H groups in total. The van der Waals surface area contributed by atoms with Crippen LogP contribution in [0.4, 0.5) is 0 Å². The molecule has 1 aromatic rings. The van der Waals surface area contributed by atoms with Crippen LogP contribution in [-0.4, -0.2) is 16.9 Å². The van der Waals surface area contributed by atoms with Gasteiger partial charge in [0.1, 0.15) is 11.6 Å². The summed E-state index contributed by atoms with van der Waals surface area (Å²) in [4.78, 5) is 23.2. The summed E-state index contributed by atoms with van der Waals surface area (Å²) >= 11 is 7.27. The van der Waals surface area contributed by atoms with Crippen LogP contribution in [0, 0.1) is 11.3 Å². The Bertz CT molecular complexity index is 649. The molecule has 20 heavy (non-hydrogen) atoms. The van der Waals surface area contributed by atoms with Crippen molar-refractivity contribution < 1.29 is 9.59 Å². The Hall–Kier alpha value is -1.77. The summed E-state index contributed by atoms with van der Waals surface area (Å²) in [5.41, 5.74) is 0.856. The minimum Gasteiger partial charge on any atom is -0.318 e. The minimum absolute atomic E-state index is 0.00925. The van der Waals surface area contributed by atoms with E-state index in [9.17, 15) is 9.59 Å². The molecular weight excluding hydrogens is 296 g/mol. The Morgan fingerprint density at radius 1 is 1.50 bits per heavy atom. The number of rotatable bonds is 3. The van der Waals surface area contributed by atoms with E-state index in [1.165, 1.54) is 18.7 Å². The molecule has 0 unspecified atom stereocenters. The smallest absolute Gasteiger partial charge is 0.238 e. The van der Waals surface area contributed by atoms with Gasteiger partial charge in [-0.15, -0.1) is 0 Å². The average Bonchev–Trinajstić information content (AvgIpc) is 2.74. The zero-order valence-corrected chi connectivity index (χ0v) is 12.2. The summed E-state index contributed by atoms with van der Waals surface area (Å²) in [6.45, 7) is 1.31. The monoisotopic (exact) mass is 306 g/mol. The van der Waals surface area contributed by atoms with Crippen molar-refractivity contribution in [2.45, 2.75) is 18.6 Å². The molecule has 1 aliphatic heterocycles. The van der Waals surface area contributed by atoms with Crippen molar-refractivity contribution in [2.24, 2.45) is 0 Å². The van der Waals surface area contributed by atoms with Crippen LogP contribution in [0.25, 0.3) is 0 Å². The predicted octanol–water partition coefficient (Wildman–Crippen LogP) is 2.44. The molecule has 6 heteroatoms. The highest BCUT2D eigenvalue weighted by Crippen LogP contribution is 2.33. The molecule has 2 rings (SSSR count). The number of halogens is 1. The first-order valence-electron chi connectivity index (χ1n) is 5.89. The second kappa shape index (κ2) is 6.12. The number of thioether (sulfide) groups is 1. The molecular formula is C14H11ClN2O2S. The van der Waals surface area contributed by atoms with Crippen LogP contribution in [0.15, 0.2) is 34.9 Å². The number of allylic oxidation sites excluding steroid dienone is 1. The molecule has 0 spiro atoms. The van der Waals surface area contributed by atoms with Gasteiger partial charge in [0.25, 0.3) is 0 Å². The SMILES string of the molecule is CC(=O)/C(C#N)=C1/NC(=O)[C@H](Cc2ccccc2Cl)S1. The van der Waals surface area contributed by atoms with Crippen LogP contribution in [-0.2, 0) is 16.0 Å². The Morgan fingerprint density at radius 3 is 2.80 bits per heavy atom. The highest BCUT2D eigenvalue weighted by molar-refractivity contribution is 8.04. The summed E-state index contributed by atoms with van der Waals surface area (Å²) in [6, 6.07) is 9.12. The third kappa shape index (κ3) is 3.03.